The summed E-state index contributed by atoms with van der Waals surface area (Å²) in [5.41, 5.74) is 0.930. The summed E-state index contributed by atoms with van der Waals surface area (Å²) in [6.45, 7) is 3.38. The number of aromatic nitrogens is 2. The van der Waals surface area contributed by atoms with Crippen molar-refractivity contribution in [1.29, 1.82) is 0 Å². The number of aliphatic carboxylic acids is 1. The van der Waals surface area contributed by atoms with Gasteiger partial charge in [-0.3, -0.25) is 4.79 Å². The third-order valence-electron chi connectivity index (χ3n) is 2.70. The van der Waals surface area contributed by atoms with Crippen molar-refractivity contribution >= 4 is 32.9 Å². The minimum Gasteiger partial charge on any atom is -0.481 e. The van der Waals surface area contributed by atoms with Crippen LogP contribution in [0.15, 0.2) is 22.7 Å². The first-order chi connectivity index (χ1) is 7.90. The van der Waals surface area contributed by atoms with Crippen molar-refractivity contribution in [3.8, 4) is 0 Å². The number of nitrogens with zero attached hydrogens (tertiary/aromatic N) is 1. The molecule has 0 aliphatic carbocycles. The number of carboxylic acids is 1. The first kappa shape index (κ1) is 12.1. The van der Waals surface area contributed by atoms with Gasteiger partial charge in [-0.15, -0.1) is 0 Å². The largest absolute Gasteiger partial charge is 0.481 e. The van der Waals surface area contributed by atoms with Gasteiger partial charge >= 0.3 is 5.97 Å². The molecular formula is C12H13BrN2O2. The molecule has 2 aromatic rings. The van der Waals surface area contributed by atoms with Crippen LogP contribution in [0.4, 0.5) is 0 Å². The number of carboxylic acid groups (broad SMARTS) is 1. The maximum Gasteiger partial charge on any atom is 0.309 e. The zero-order valence-electron chi connectivity index (χ0n) is 9.62. The maximum absolute atomic E-state index is 11.1. The van der Waals surface area contributed by atoms with E-state index in [9.17, 15) is 4.79 Å². The van der Waals surface area contributed by atoms with Crippen molar-refractivity contribution in [3.63, 3.8) is 0 Å². The molecular weight excluding hydrogens is 284 g/mol. The number of para-hydroxylation sites is 1. The van der Waals surface area contributed by atoms with Crippen molar-refractivity contribution in [2.45, 2.75) is 20.3 Å². The lowest BCUT2D eigenvalue weighted by Gasteiger charge is -2.16. The average Bonchev–Trinajstić information content (AvgIpc) is 2.60. The number of hydrogen-bond acceptors (Lipinski definition) is 2. The van der Waals surface area contributed by atoms with E-state index in [0.29, 0.717) is 12.2 Å². The lowest BCUT2D eigenvalue weighted by molar-refractivity contribution is -0.146. The molecule has 0 unspecified atom stereocenters. The Morgan fingerprint density at radius 2 is 2.24 bits per heavy atom. The number of benzene rings is 1. The third-order valence-corrected chi connectivity index (χ3v) is 3.34. The summed E-state index contributed by atoms with van der Waals surface area (Å²) < 4.78 is 0.908. The molecule has 0 amide bonds. The Bertz CT molecular complexity index is 575. The number of aromatic amines is 1. The van der Waals surface area contributed by atoms with E-state index in [1.165, 1.54) is 0 Å². The SMILES string of the molecule is CC(C)(Cc1nc2c(Br)cccc2[nH]1)C(=O)O. The second-order valence-corrected chi connectivity index (χ2v) is 5.54. The number of carbonyl (C=O) groups is 1. The number of halogens is 1. The second-order valence-electron chi connectivity index (χ2n) is 4.69. The molecule has 90 valence electrons. The monoisotopic (exact) mass is 296 g/mol. The van der Waals surface area contributed by atoms with Gasteiger partial charge in [0.25, 0.3) is 0 Å². The molecule has 2 rings (SSSR count). The number of fused-ring (bicyclic) bond motifs is 1. The van der Waals surface area contributed by atoms with Crippen molar-refractivity contribution in [2.24, 2.45) is 5.41 Å². The van der Waals surface area contributed by atoms with Crippen LogP contribution in [0, 0.1) is 5.41 Å². The van der Waals surface area contributed by atoms with E-state index in [1.54, 1.807) is 13.8 Å². The van der Waals surface area contributed by atoms with E-state index in [0.717, 1.165) is 15.5 Å². The highest BCUT2D eigenvalue weighted by Gasteiger charge is 2.28. The molecule has 1 aromatic heterocycles. The normalized spacial score (nSPS) is 11.9. The molecule has 1 heterocycles. The van der Waals surface area contributed by atoms with E-state index in [-0.39, 0.29) is 0 Å². The molecule has 5 heteroatoms. The van der Waals surface area contributed by atoms with Gasteiger partial charge < -0.3 is 10.1 Å². The van der Waals surface area contributed by atoms with E-state index in [2.05, 4.69) is 25.9 Å². The lowest BCUT2D eigenvalue weighted by atomic mass is 9.89. The molecule has 0 saturated carbocycles. The van der Waals surface area contributed by atoms with Crippen LogP contribution in [-0.2, 0) is 11.2 Å². The maximum atomic E-state index is 11.1. The molecule has 17 heavy (non-hydrogen) atoms. The fraction of sp³-hybridized carbons (Fsp3) is 0.333. The van der Waals surface area contributed by atoms with Crippen molar-refractivity contribution in [2.75, 3.05) is 0 Å². The summed E-state index contributed by atoms with van der Waals surface area (Å²) in [5.74, 6) is -0.128. The molecule has 0 bridgehead atoms. The van der Waals surface area contributed by atoms with Gasteiger partial charge in [0.1, 0.15) is 11.3 Å². The zero-order valence-corrected chi connectivity index (χ0v) is 11.2. The minimum absolute atomic E-state index is 0.378. The third kappa shape index (κ3) is 2.34. The average molecular weight is 297 g/mol. The predicted octanol–water partition coefficient (Wildman–Crippen LogP) is 2.98. The fourth-order valence-electron chi connectivity index (χ4n) is 1.63. The van der Waals surface area contributed by atoms with Crippen molar-refractivity contribution in [3.05, 3.63) is 28.5 Å². The van der Waals surface area contributed by atoms with Crippen LogP contribution in [-0.4, -0.2) is 21.0 Å². The summed E-state index contributed by atoms with van der Waals surface area (Å²) in [6, 6.07) is 5.75. The van der Waals surface area contributed by atoms with Gasteiger partial charge in [0.05, 0.1) is 10.9 Å². The number of H-pyrrole nitrogens is 1. The van der Waals surface area contributed by atoms with Crippen LogP contribution in [0.2, 0.25) is 0 Å². The Morgan fingerprint density at radius 1 is 1.53 bits per heavy atom. The molecule has 2 N–H and O–H groups in total. The van der Waals surface area contributed by atoms with Crippen LogP contribution < -0.4 is 0 Å². The quantitative estimate of drug-likeness (QED) is 0.915. The number of rotatable bonds is 3. The second kappa shape index (κ2) is 4.14. The van der Waals surface area contributed by atoms with Gasteiger partial charge in [0, 0.05) is 10.9 Å². The Kier molecular flexibility index (Phi) is 2.95. The number of nitrogens with one attached hydrogen (secondary N) is 1. The molecule has 4 nitrogen and oxygen atoms in total. The minimum atomic E-state index is -0.822. The van der Waals surface area contributed by atoms with Gasteiger partial charge in [0.2, 0.25) is 0 Å². The van der Waals surface area contributed by atoms with E-state index >= 15 is 0 Å². The van der Waals surface area contributed by atoms with Crippen molar-refractivity contribution in [1.82, 2.24) is 9.97 Å². The summed E-state index contributed by atoms with van der Waals surface area (Å²) in [7, 11) is 0. The van der Waals surface area contributed by atoms with Gasteiger partial charge in [0.15, 0.2) is 0 Å². The first-order valence-corrected chi connectivity index (χ1v) is 6.06. The molecule has 0 radical (unpaired) electrons. The summed E-state index contributed by atoms with van der Waals surface area (Å²) >= 11 is 3.42. The molecule has 0 fully saturated rings. The standard InChI is InChI=1S/C12H13BrN2O2/c1-12(2,11(16)17)6-9-14-8-5-3-4-7(13)10(8)15-9/h3-5H,6H2,1-2H3,(H,14,15)(H,16,17). The Morgan fingerprint density at radius 3 is 2.82 bits per heavy atom. The highest BCUT2D eigenvalue weighted by Crippen LogP contribution is 2.25. The number of hydrogen-bond donors (Lipinski definition) is 2. The Labute approximate surface area is 107 Å². The molecule has 0 spiro atoms. The van der Waals surface area contributed by atoms with Crippen molar-refractivity contribution < 1.29 is 9.90 Å². The molecule has 0 atom stereocenters. The van der Waals surface area contributed by atoms with E-state index in [1.807, 2.05) is 18.2 Å². The van der Waals surface area contributed by atoms with Crippen LogP contribution in [0.3, 0.4) is 0 Å². The van der Waals surface area contributed by atoms with Gasteiger partial charge in [-0.1, -0.05) is 6.07 Å². The lowest BCUT2D eigenvalue weighted by Crippen LogP contribution is -2.26. The van der Waals surface area contributed by atoms with Gasteiger partial charge in [-0.2, -0.15) is 0 Å². The molecule has 1 aromatic carbocycles. The highest BCUT2D eigenvalue weighted by molar-refractivity contribution is 9.10. The highest BCUT2D eigenvalue weighted by atomic mass is 79.9. The summed E-state index contributed by atoms with van der Waals surface area (Å²) in [5, 5.41) is 9.08. The topological polar surface area (TPSA) is 66.0 Å². The zero-order chi connectivity index (χ0) is 12.6. The number of imidazole rings is 1. The van der Waals surface area contributed by atoms with Gasteiger partial charge in [-0.25, -0.2) is 4.98 Å². The van der Waals surface area contributed by atoms with Crippen LogP contribution in [0.1, 0.15) is 19.7 Å². The van der Waals surface area contributed by atoms with E-state index in [4.69, 9.17) is 5.11 Å². The van der Waals surface area contributed by atoms with Gasteiger partial charge in [-0.05, 0) is 41.9 Å². The van der Waals surface area contributed by atoms with Crippen LogP contribution in [0.5, 0.6) is 0 Å². The summed E-state index contributed by atoms with van der Waals surface area (Å²) in [4.78, 5) is 18.6. The Hall–Kier alpha value is -1.36. The first-order valence-electron chi connectivity index (χ1n) is 5.27. The van der Waals surface area contributed by atoms with E-state index < -0.39 is 11.4 Å². The predicted molar refractivity (Wildman–Crippen MR) is 68.9 cm³/mol. The summed E-state index contributed by atoms with van der Waals surface area (Å²) in [6.07, 6.45) is 0.378. The fourth-order valence-corrected chi connectivity index (χ4v) is 2.08. The van der Waals surface area contributed by atoms with Crippen LogP contribution in [0.25, 0.3) is 11.0 Å². The molecule has 0 aliphatic heterocycles. The smallest absolute Gasteiger partial charge is 0.309 e. The van der Waals surface area contributed by atoms with Crippen LogP contribution >= 0.6 is 15.9 Å². The Balaban J connectivity index is 2.38. The molecule has 0 aliphatic rings. The molecule has 0 saturated heterocycles.